The minimum atomic E-state index is -5.04. The molecule has 0 aliphatic heterocycles. The second-order valence-corrected chi connectivity index (χ2v) is 7.50. The average Bonchev–Trinajstić information content (AvgIpc) is 2.60. The van der Waals surface area contributed by atoms with E-state index in [1.165, 1.54) is 24.3 Å². The number of likely N-dealkylation sites (N-methyl/N-ethyl adjacent to an activating group) is 1. The van der Waals surface area contributed by atoms with Gasteiger partial charge in [-0.3, -0.25) is 4.79 Å². The van der Waals surface area contributed by atoms with E-state index in [9.17, 15) is 27.9 Å². The van der Waals surface area contributed by atoms with Gasteiger partial charge < -0.3 is 10.0 Å². The number of nitrogens with zero attached hydrogens (tertiary/aromatic N) is 1. The molecule has 0 aliphatic rings. The van der Waals surface area contributed by atoms with E-state index in [0.717, 1.165) is 7.05 Å². The van der Waals surface area contributed by atoms with Gasteiger partial charge in [0.25, 0.3) is 0 Å². The van der Waals surface area contributed by atoms with Crippen molar-refractivity contribution in [2.24, 2.45) is 0 Å². The molecular formula is C19H15Cl3F3NO3. The lowest BCUT2D eigenvalue weighted by Gasteiger charge is -2.30. The molecule has 4 nitrogen and oxygen atoms in total. The first-order valence-corrected chi connectivity index (χ1v) is 9.31. The summed E-state index contributed by atoms with van der Waals surface area (Å²) in [6.45, 7) is 0. The van der Waals surface area contributed by atoms with Crippen molar-refractivity contribution >= 4 is 46.7 Å². The van der Waals surface area contributed by atoms with Gasteiger partial charge in [0.15, 0.2) is 5.92 Å². The first-order chi connectivity index (χ1) is 13.4. The van der Waals surface area contributed by atoms with Crippen LogP contribution in [0.25, 0.3) is 0 Å². The van der Waals surface area contributed by atoms with Gasteiger partial charge in [0.05, 0.1) is 0 Å². The summed E-state index contributed by atoms with van der Waals surface area (Å²) in [4.78, 5) is 25.1. The fraction of sp³-hybridized carbons (Fsp3) is 0.263. The Morgan fingerprint density at radius 2 is 1.62 bits per heavy atom. The third-order valence-corrected chi connectivity index (χ3v) is 5.18. The second-order valence-electron chi connectivity index (χ2n) is 6.25. The van der Waals surface area contributed by atoms with Gasteiger partial charge in [-0.15, -0.1) is 0 Å². The third-order valence-electron chi connectivity index (χ3n) is 4.28. The molecule has 2 aromatic rings. The monoisotopic (exact) mass is 467 g/mol. The summed E-state index contributed by atoms with van der Waals surface area (Å²) in [5.74, 6) is -5.66. The number of alkyl halides is 3. The first-order valence-electron chi connectivity index (χ1n) is 8.18. The lowest BCUT2D eigenvalue weighted by atomic mass is 9.95. The van der Waals surface area contributed by atoms with E-state index in [4.69, 9.17) is 34.8 Å². The Labute approximate surface area is 179 Å². The van der Waals surface area contributed by atoms with Crippen LogP contribution >= 0.6 is 34.8 Å². The van der Waals surface area contributed by atoms with E-state index in [-0.39, 0.29) is 16.5 Å². The SMILES string of the molecule is CN(C(=O)C(c1c(Cl)cccc1Cl)C(F)(F)F)C(Cc1cccc(Cl)c1)C(=O)O. The lowest BCUT2D eigenvalue weighted by molar-refractivity contribution is -0.175. The van der Waals surface area contributed by atoms with Crippen molar-refractivity contribution < 1.29 is 27.9 Å². The van der Waals surface area contributed by atoms with Crippen molar-refractivity contribution in [1.29, 1.82) is 0 Å². The average molecular weight is 469 g/mol. The molecule has 0 saturated carbocycles. The van der Waals surface area contributed by atoms with Gasteiger partial charge in [0.2, 0.25) is 5.91 Å². The van der Waals surface area contributed by atoms with E-state index < -0.39 is 35.6 Å². The number of benzene rings is 2. The van der Waals surface area contributed by atoms with Crippen LogP contribution in [0.1, 0.15) is 17.0 Å². The number of aliphatic carboxylic acids is 1. The number of hydrogen-bond donors (Lipinski definition) is 1. The summed E-state index contributed by atoms with van der Waals surface area (Å²) >= 11 is 17.6. The van der Waals surface area contributed by atoms with Crippen molar-refractivity contribution in [3.8, 4) is 0 Å². The predicted molar refractivity (Wildman–Crippen MR) is 105 cm³/mol. The van der Waals surface area contributed by atoms with Gasteiger partial charge in [0, 0.05) is 34.1 Å². The highest BCUT2D eigenvalue weighted by molar-refractivity contribution is 6.36. The van der Waals surface area contributed by atoms with Crippen LogP contribution in [0.3, 0.4) is 0 Å². The molecule has 0 radical (unpaired) electrons. The summed E-state index contributed by atoms with van der Waals surface area (Å²) < 4.78 is 41.4. The van der Waals surface area contributed by atoms with Crippen LogP contribution in [0.15, 0.2) is 42.5 Å². The minimum absolute atomic E-state index is 0.237. The maximum Gasteiger partial charge on any atom is 0.404 e. The zero-order valence-electron chi connectivity index (χ0n) is 14.9. The molecule has 1 N–H and O–H groups in total. The summed E-state index contributed by atoms with van der Waals surface area (Å²) in [6.07, 6.45) is -5.28. The Bertz CT molecular complexity index is 901. The van der Waals surface area contributed by atoms with Crippen LogP contribution in [0.4, 0.5) is 13.2 Å². The summed E-state index contributed by atoms with van der Waals surface area (Å²) in [5.41, 5.74) is -0.170. The molecule has 0 heterocycles. The van der Waals surface area contributed by atoms with Crippen molar-refractivity contribution in [1.82, 2.24) is 4.90 Å². The van der Waals surface area contributed by atoms with Gasteiger partial charge >= 0.3 is 12.1 Å². The molecular weight excluding hydrogens is 454 g/mol. The maximum atomic E-state index is 13.8. The van der Waals surface area contributed by atoms with Crippen LogP contribution in [0.5, 0.6) is 0 Å². The normalized spacial score (nSPS) is 13.6. The fourth-order valence-corrected chi connectivity index (χ4v) is 3.68. The molecule has 2 aromatic carbocycles. The highest BCUT2D eigenvalue weighted by Crippen LogP contribution is 2.42. The Hall–Kier alpha value is -1.96. The number of amides is 1. The Morgan fingerprint density at radius 3 is 2.10 bits per heavy atom. The van der Waals surface area contributed by atoms with Gasteiger partial charge in [0.1, 0.15) is 6.04 Å². The highest BCUT2D eigenvalue weighted by atomic mass is 35.5. The summed E-state index contributed by atoms with van der Waals surface area (Å²) in [5, 5.41) is 9.17. The Balaban J connectivity index is 2.44. The van der Waals surface area contributed by atoms with Crippen LogP contribution in [0, 0.1) is 0 Å². The predicted octanol–water partition coefficient (Wildman–Crippen LogP) is 5.45. The van der Waals surface area contributed by atoms with Gasteiger partial charge in [-0.25, -0.2) is 4.79 Å². The highest BCUT2D eigenvalue weighted by Gasteiger charge is 2.50. The number of carbonyl (C=O) groups is 2. The molecule has 1 amide bonds. The van der Waals surface area contributed by atoms with Crippen LogP contribution < -0.4 is 0 Å². The molecule has 0 bridgehead atoms. The zero-order valence-corrected chi connectivity index (χ0v) is 17.1. The Morgan fingerprint density at radius 1 is 1.07 bits per heavy atom. The van der Waals surface area contributed by atoms with Crippen LogP contribution in [-0.4, -0.2) is 41.1 Å². The molecule has 0 aliphatic carbocycles. The number of halogens is 6. The second kappa shape index (κ2) is 9.24. The topological polar surface area (TPSA) is 57.6 Å². The molecule has 0 aromatic heterocycles. The van der Waals surface area contributed by atoms with E-state index in [1.54, 1.807) is 18.2 Å². The van der Waals surface area contributed by atoms with E-state index in [2.05, 4.69) is 0 Å². The summed E-state index contributed by atoms with van der Waals surface area (Å²) in [7, 11) is 0.995. The number of carboxylic acids is 1. The fourth-order valence-electron chi connectivity index (χ4n) is 2.85. The van der Waals surface area contributed by atoms with Crippen molar-refractivity contribution in [2.45, 2.75) is 24.6 Å². The zero-order chi connectivity index (χ0) is 21.9. The van der Waals surface area contributed by atoms with Crippen LogP contribution in [-0.2, 0) is 16.0 Å². The largest absolute Gasteiger partial charge is 0.480 e. The lowest BCUT2D eigenvalue weighted by Crippen LogP contribution is -2.48. The van der Waals surface area contributed by atoms with E-state index in [1.807, 2.05) is 0 Å². The minimum Gasteiger partial charge on any atom is -0.480 e. The molecule has 2 rings (SSSR count). The third kappa shape index (κ3) is 5.56. The number of carbonyl (C=O) groups excluding carboxylic acids is 1. The number of rotatable bonds is 6. The van der Waals surface area contributed by atoms with Crippen molar-refractivity contribution in [3.05, 3.63) is 68.7 Å². The first kappa shape index (κ1) is 23.3. The standard InChI is InChI=1S/C19H15Cl3F3NO3/c1-26(14(18(28)29)9-10-4-2-5-11(20)8-10)17(27)16(19(23,24)25)15-12(21)6-3-7-13(15)22/h2-8,14,16H,9H2,1H3,(H,28,29). The maximum absolute atomic E-state index is 13.8. The van der Waals surface area contributed by atoms with Crippen LogP contribution in [0.2, 0.25) is 15.1 Å². The quantitative estimate of drug-likeness (QED) is 0.614. The molecule has 29 heavy (non-hydrogen) atoms. The molecule has 2 atom stereocenters. The number of carboxylic acid groups (broad SMARTS) is 1. The Kier molecular flexibility index (Phi) is 7.43. The van der Waals surface area contributed by atoms with Crippen molar-refractivity contribution in [2.75, 3.05) is 7.05 Å². The van der Waals surface area contributed by atoms with Gasteiger partial charge in [-0.1, -0.05) is 53.0 Å². The molecule has 10 heteroatoms. The van der Waals surface area contributed by atoms with E-state index in [0.29, 0.717) is 15.5 Å². The van der Waals surface area contributed by atoms with Gasteiger partial charge in [-0.2, -0.15) is 13.2 Å². The van der Waals surface area contributed by atoms with Gasteiger partial charge in [-0.05, 0) is 29.8 Å². The molecule has 2 unspecified atom stereocenters. The molecule has 0 fully saturated rings. The van der Waals surface area contributed by atoms with Crippen molar-refractivity contribution in [3.63, 3.8) is 0 Å². The number of hydrogen-bond acceptors (Lipinski definition) is 2. The smallest absolute Gasteiger partial charge is 0.404 e. The summed E-state index contributed by atoms with van der Waals surface area (Å²) in [6, 6.07) is 8.30. The molecule has 0 saturated heterocycles. The van der Waals surface area contributed by atoms with E-state index >= 15 is 0 Å². The molecule has 156 valence electrons. The molecule has 0 spiro atoms.